The normalized spacial score (nSPS) is 17.7. The lowest BCUT2D eigenvalue weighted by Crippen LogP contribution is -2.45. The largest absolute Gasteiger partial charge is 0.377 e. The average molecular weight is 319 g/mol. The van der Waals surface area contributed by atoms with Gasteiger partial charge in [0.2, 0.25) is 5.91 Å². The lowest BCUT2D eigenvalue weighted by molar-refractivity contribution is -0.115. The zero-order valence-corrected chi connectivity index (χ0v) is 13.8. The molecule has 1 fully saturated rings. The average Bonchev–Trinajstić information content (AvgIpc) is 2.57. The molecule has 1 aromatic rings. The minimum absolute atomic E-state index is 0.0305. The first kappa shape index (κ1) is 17.3. The third-order valence-corrected chi connectivity index (χ3v) is 3.81. The number of likely N-dealkylation sites (tertiary alicyclic amines) is 1. The van der Waals surface area contributed by atoms with Crippen LogP contribution in [0.4, 0.5) is 16.2 Å². The molecule has 0 aliphatic carbocycles. The van der Waals surface area contributed by atoms with Crippen LogP contribution in [0.2, 0.25) is 0 Å². The van der Waals surface area contributed by atoms with Crippen molar-refractivity contribution in [3.8, 4) is 0 Å². The highest BCUT2D eigenvalue weighted by Crippen LogP contribution is 2.17. The van der Waals surface area contributed by atoms with Crippen molar-refractivity contribution in [2.24, 2.45) is 0 Å². The molecule has 2 rings (SSSR count). The number of nitrogens with one attached hydrogen (secondary N) is 2. The topological polar surface area (TPSA) is 70.7 Å². The smallest absolute Gasteiger partial charge is 0.321 e. The van der Waals surface area contributed by atoms with E-state index in [0.29, 0.717) is 25.3 Å². The molecule has 1 unspecified atom stereocenters. The molecule has 126 valence electrons. The Balaban J connectivity index is 1.88. The molecule has 1 saturated heterocycles. The molecule has 2 N–H and O–H groups in total. The van der Waals surface area contributed by atoms with Crippen LogP contribution in [0.1, 0.15) is 33.1 Å². The van der Waals surface area contributed by atoms with Crippen molar-refractivity contribution in [1.29, 1.82) is 0 Å². The summed E-state index contributed by atoms with van der Waals surface area (Å²) in [6, 6.07) is 7.02. The van der Waals surface area contributed by atoms with Gasteiger partial charge in [0.1, 0.15) is 0 Å². The summed E-state index contributed by atoms with van der Waals surface area (Å²) in [4.78, 5) is 25.4. The number of carbonyl (C=O) groups is 2. The number of urea groups is 1. The van der Waals surface area contributed by atoms with E-state index in [1.54, 1.807) is 36.1 Å². The molecule has 1 aliphatic heterocycles. The predicted octanol–water partition coefficient (Wildman–Crippen LogP) is 3.07. The summed E-state index contributed by atoms with van der Waals surface area (Å²) in [6.07, 6.45) is 2.53. The predicted molar refractivity (Wildman–Crippen MR) is 90.6 cm³/mol. The van der Waals surface area contributed by atoms with Crippen molar-refractivity contribution in [3.63, 3.8) is 0 Å². The standard InChI is InChI=1S/C17H25N3O3/c1-3-16(21)18-13-7-9-14(10-8-13)19-17(22)20-11-5-6-15(12-20)23-4-2/h7-10,15H,3-6,11-12H2,1-2H3,(H,18,21)(H,19,22). The maximum Gasteiger partial charge on any atom is 0.321 e. The van der Waals surface area contributed by atoms with Crippen LogP contribution in [0, 0.1) is 0 Å². The van der Waals surface area contributed by atoms with E-state index >= 15 is 0 Å². The molecule has 23 heavy (non-hydrogen) atoms. The van der Waals surface area contributed by atoms with Gasteiger partial charge in [0, 0.05) is 37.5 Å². The van der Waals surface area contributed by atoms with Crippen LogP contribution in [0.5, 0.6) is 0 Å². The number of hydrogen-bond acceptors (Lipinski definition) is 3. The van der Waals surface area contributed by atoms with Crippen LogP contribution < -0.4 is 10.6 Å². The van der Waals surface area contributed by atoms with Crippen molar-refractivity contribution < 1.29 is 14.3 Å². The molecule has 1 atom stereocenters. The lowest BCUT2D eigenvalue weighted by Gasteiger charge is -2.32. The van der Waals surface area contributed by atoms with E-state index < -0.39 is 0 Å². The Bertz CT molecular complexity index is 528. The summed E-state index contributed by atoms with van der Waals surface area (Å²) in [6.45, 7) is 5.82. The zero-order valence-electron chi connectivity index (χ0n) is 13.8. The maximum atomic E-state index is 12.3. The van der Waals surface area contributed by atoms with E-state index in [2.05, 4.69) is 10.6 Å². The van der Waals surface area contributed by atoms with Crippen molar-refractivity contribution in [2.45, 2.75) is 39.2 Å². The van der Waals surface area contributed by atoms with Crippen molar-refractivity contribution >= 4 is 23.3 Å². The van der Waals surface area contributed by atoms with Gasteiger partial charge in [-0.3, -0.25) is 4.79 Å². The highest BCUT2D eigenvalue weighted by atomic mass is 16.5. The number of piperidine rings is 1. The second kappa shape index (κ2) is 8.53. The van der Waals surface area contributed by atoms with Crippen LogP contribution >= 0.6 is 0 Å². The van der Waals surface area contributed by atoms with Crippen molar-refractivity contribution in [1.82, 2.24) is 4.90 Å². The van der Waals surface area contributed by atoms with E-state index in [4.69, 9.17) is 4.74 Å². The Morgan fingerprint density at radius 2 is 1.83 bits per heavy atom. The van der Waals surface area contributed by atoms with Crippen LogP contribution in [0.25, 0.3) is 0 Å². The van der Waals surface area contributed by atoms with E-state index in [1.165, 1.54) is 0 Å². The van der Waals surface area contributed by atoms with Gasteiger partial charge in [-0.1, -0.05) is 6.92 Å². The summed E-state index contributed by atoms with van der Waals surface area (Å²) in [7, 11) is 0. The van der Waals surface area contributed by atoms with Gasteiger partial charge < -0.3 is 20.3 Å². The minimum Gasteiger partial charge on any atom is -0.377 e. The molecule has 0 radical (unpaired) electrons. The molecule has 0 aromatic heterocycles. The molecule has 1 aromatic carbocycles. The highest BCUT2D eigenvalue weighted by Gasteiger charge is 2.23. The van der Waals surface area contributed by atoms with Gasteiger partial charge in [-0.15, -0.1) is 0 Å². The second-order valence-electron chi connectivity index (χ2n) is 5.57. The Kier molecular flexibility index (Phi) is 6.40. The summed E-state index contributed by atoms with van der Waals surface area (Å²) in [5.74, 6) is -0.0305. The van der Waals surface area contributed by atoms with Crippen LogP contribution in [0.3, 0.4) is 0 Å². The van der Waals surface area contributed by atoms with E-state index in [0.717, 1.165) is 25.1 Å². The van der Waals surface area contributed by atoms with Crippen molar-refractivity contribution in [3.05, 3.63) is 24.3 Å². The fraction of sp³-hybridized carbons (Fsp3) is 0.529. The van der Waals surface area contributed by atoms with Gasteiger partial charge in [0.05, 0.1) is 6.10 Å². The van der Waals surface area contributed by atoms with E-state index in [9.17, 15) is 9.59 Å². The number of amides is 3. The van der Waals surface area contributed by atoms with E-state index in [1.807, 2.05) is 6.92 Å². The minimum atomic E-state index is -0.111. The van der Waals surface area contributed by atoms with E-state index in [-0.39, 0.29) is 18.0 Å². The third kappa shape index (κ3) is 5.25. The number of ether oxygens (including phenoxy) is 1. The fourth-order valence-electron chi connectivity index (χ4n) is 2.58. The molecule has 1 heterocycles. The molecule has 6 nitrogen and oxygen atoms in total. The first-order valence-corrected chi connectivity index (χ1v) is 8.19. The second-order valence-corrected chi connectivity index (χ2v) is 5.57. The fourth-order valence-corrected chi connectivity index (χ4v) is 2.58. The van der Waals surface area contributed by atoms with Gasteiger partial charge in [0.25, 0.3) is 0 Å². The third-order valence-electron chi connectivity index (χ3n) is 3.81. The molecular formula is C17H25N3O3. The van der Waals surface area contributed by atoms with Gasteiger partial charge in [-0.05, 0) is 44.0 Å². The number of nitrogens with zero attached hydrogens (tertiary/aromatic N) is 1. The SMILES string of the molecule is CCOC1CCCN(C(=O)Nc2ccc(NC(=O)CC)cc2)C1. The first-order chi connectivity index (χ1) is 11.1. The summed E-state index contributed by atoms with van der Waals surface area (Å²) < 4.78 is 5.61. The maximum absolute atomic E-state index is 12.3. The van der Waals surface area contributed by atoms with Crippen LogP contribution in [-0.2, 0) is 9.53 Å². The number of carbonyl (C=O) groups excluding carboxylic acids is 2. The Labute approximate surface area is 137 Å². The Hall–Kier alpha value is -2.08. The van der Waals surface area contributed by atoms with Gasteiger partial charge in [-0.2, -0.15) is 0 Å². The molecule has 3 amide bonds. The molecule has 0 bridgehead atoms. The molecule has 0 saturated carbocycles. The molecule has 6 heteroatoms. The Morgan fingerprint density at radius 3 is 2.43 bits per heavy atom. The molecule has 0 spiro atoms. The first-order valence-electron chi connectivity index (χ1n) is 8.19. The number of rotatable bonds is 5. The quantitative estimate of drug-likeness (QED) is 0.876. The Morgan fingerprint density at radius 1 is 1.17 bits per heavy atom. The summed E-state index contributed by atoms with van der Waals surface area (Å²) >= 11 is 0. The summed E-state index contributed by atoms with van der Waals surface area (Å²) in [5, 5.41) is 5.66. The molecule has 1 aliphatic rings. The number of hydrogen-bond donors (Lipinski definition) is 2. The number of anilines is 2. The lowest BCUT2D eigenvalue weighted by atomic mass is 10.1. The highest BCUT2D eigenvalue weighted by molar-refractivity contribution is 5.92. The van der Waals surface area contributed by atoms with Crippen LogP contribution in [-0.4, -0.2) is 42.6 Å². The van der Waals surface area contributed by atoms with Crippen molar-refractivity contribution in [2.75, 3.05) is 30.3 Å². The monoisotopic (exact) mass is 319 g/mol. The van der Waals surface area contributed by atoms with Crippen LogP contribution in [0.15, 0.2) is 24.3 Å². The molecular weight excluding hydrogens is 294 g/mol. The van der Waals surface area contributed by atoms with Gasteiger partial charge >= 0.3 is 6.03 Å². The van der Waals surface area contributed by atoms with Gasteiger partial charge in [-0.25, -0.2) is 4.79 Å². The summed E-state index contributed by atoms with van der Waals surface area (Å²) in [5.41, 5.74) is 1.44. The van der Waals surface area contributed by atoms with Gasteiger partial charge in [0.15, 0.2) is 0 Å². The zero-order chi connectivity index (χ0) is 16.7. The number of benzene rings is 1.